The summed E-state index contributed by atoms with van der Waals surface area (Å²) in [5.74, 6) is 1.52. The number of nitrogens with one attached hydrogen (secondary N) is 2. The summed E-state index contributed by atoms with van der Waals surface area (Å²) < 4.78 is 5.64. The van der Waals surface area contributed by atoms with E-state index in [0.717, 1.165) is 48.6 Å². The number of benzene rings is 1. The van der Waals surface area contributed by atoms with Gasteiger partial charge in [-0.05, 0) is 51.4 Å². The van der Waals surface area contributed by atoms with Gasteiger partial charge in [0.05, 0.1) is 11.6 Å². The van der Waals surface area contributed by atoms with Gasteiger partial charge < -0.3 is 15.1 Å². The summed E-state index contributed by atoms with van der Waals surface area (Å²) in [6, 6.07) is 7.63. The van der Waals surface area contributed by atoms with Crippen molar-refractivity contribution < 1.29 is 9.21 Å². The number of piperidine rings is 1. The van der Waals surface area contributed by atoms with E-state index in [1.165, 1.54) is 0 Å². The van der Waals surface area contributed by atoms with Gasteiger partial charge in [0, 0.05) is 17.8 Å². The van der Waals surface area contributed by atoms with Gasteiger partial charge in [0.15, 0.2) is 0 Å². The van der Waals surface area contributed by atoms with Crippen molar-refractivity contribution in [3.8, 4) is 11.5 Å². The van der Waals surface area contributed by atoms with Crippen molar-refractivity contribution in [3.63, 3.8) is 0 Å². The molecule has 1 aliphatic rings. The summed E-state index contributed by atoms with van der Waals surface area (Å²) in [5, 5.41) is 6.26. The molecule has 0 bridgehead atoms. The Morgan fingerprint density at radius 1 is 1.41 bits per heavy atom. The third-order valence-electron chi connectivity index (χ3n) is 4.07. The van der Waals surface area contributed by atoms with Crippen LogP contribution in [-0.2, 0) is 4.79 Å². The molecule has 0 radical (unpaired) electrons. The van der Waals surface area contributed by atoms with Gasteiger partial charge in [-0.2, -0.15) is 0 Å². The molecule has 1 atom stereocenters. The zero-order valence-corrected chi connectivity index (χ0v) is 13.0. The molecule has 0 saturated carbocycles. The second-order valence-corrected chi connectivity index (χ2v) is 5.77. The van der Waals surface area contributed by atoms with Crippen LogP contribution >= 0.6 is 0 Å². The van der Waals surface area contributed by atoms with Gasteiger partial charge in [0.2, 0.25) is 11.8 Å². The molecule has 2 N–H and O–H groups in total. The third kappa shape index (κ3) is 3.20. The number of anilines is 1. The zero-order chi connectivity index (χ0) is 15.5. The minimum atomic E-state index is 0.0450. The monoisotopic (exact) mass is 299 g/mol. The summed E-state index contributed by atoms with van der Waals surface area (Å²) in [6.07, 6.45) is 1.99. The van der Waals surface area contributed by atoms with Gasteiger partial charge in [0.1, 0.15) is 5.76 Å². The van der Waals surface area contributed by atoms with Crippen LogP contribution in [0.2, 0.25) is 0 Å². The Morgan fingerprint density at radius 3 is 2.95 bits per heavy atom. The highest BCUT2D eigenvalue weighted by Crippen LogP contribution is 2.24. The van der Waals surface area contributed by atoms with Crippen LogP contribution in [-0.4, -0.2) is 24.0 Å². The normalized spacial score (nSPS) is 18.2. The van der Waals surface area contributed by atoms with E-state index in [0.29, 0.717) is 5.89 Å². The highest BCUT2D eigenvalue weighted by atomic mass is 16.4. The van der Waals surface area contributed by atoms with Crippen LogP contribution in [0.5, 0.6) is 0 Å². The minimum absolute atomic E-state index is 0.0450. The highest BCUT2D eigenvalue weighted by molar-refractivity contribution is 5.93. The topological polar surface area (TPSA) is 67.2 Å². The van der Waals surface area contributed by atoms with Crippen LogP contribution < -0.4 is 10.6 Å². The van der Waals surface area contributed by atoms with Gasteiger partial charge in [-0.3, -0.25) is 4.79 Å². The molecule has 5 heteroatoms. The van der Waals surface area contributed by atoms with E-state index >= 15 is 0 Å². The Bertz CT molecular complexity index is 653. The van der Waals surface area contributed by atoms with Crippen LogP contribution in [0, 0.1) is 19.8 Å². The maximum Gasteiger partial charge on any atom is 0.228 e. The molecule has 0 spiro atoms. The quantitative estimate of drug-likeness (QED) is 0.914. The third-order valence-corrected chi connectivity index (χ3v) is 4.07. The van der Waals surface area contributed by atoms with E-state index in [1.54, 1.807) is 0 Å². The molecule has 1 amide bonds. The number of aromatic nitrogens is 1. The van der Waals surface area contributed by atoms with Crippen molar-refractivity contribution in [2.75, 3.05) is 18.4 Å². The van der Waals surface area contributed by atoms with Gasteiger partial charge in [0.25, 0.3) is 0 Å². The maximum atomic E-state index is 12.3. The Morgan fingerprint density at radius 2 is 2.27 bits per heavy atom. The van der Waals surface area contributed by atoms with Crippen molar-refractivity contribution in [1.29, 1.82) is 0 Å². The predicted octanol–water partition coefficient (Wildman–Crippen LogP) is 2.90. The highest BCUT2D eigenvalue weighted by Gasteiger charge is 2.21. The van der Waals surface area contributed by atoms with Crippen molar-refractivity contribution in [3.05, 3.63) is 35.7 Å². The molecule has 1 aromatic carbocycles. The SMILES string of the molecule is Cc1nc(-c2cccc(NC(=O)C3CCCNC3)c2)oc1C. The average Bonchev–Trinajstić information content (AvgIpc) is 2.88. The lowest BCUT2D eigenvalue weighted by molar-refractivity contribution is -0.120. The number of carbonyl (C=O) groups excluding carboxylic acids is 1. The first-order valence-electron chi connectivity index (χ1n) is 7.69. The first-order valence-corrected chi connectivity index (χ1v) is 7.69. The van der Waals surface area contributed by atoms with Crippen molar-refractivity contribution >= 4 is 11.6 Å². The number of hydrogen-bond donors (Lipinski definition) is 2. The Balaban J connectivity index is 1.74. The number of hydrogen-bond acceptors (Lipinski definition) is 4. The molecule has 5 nitrogen and oxygen atoms in total. The Kier molecular flexibility index (Phi) is 4.24. The van der Waals surface area contributed by atoms with Gasteiger partial charge in [-0.1, -0.05) is 6.07 Å². The van der Waals surface area contributed by atoms with Crippen LogP contribution in [0.4, 0.5) is 5.69 Å². The lowest BCUT2D eigenvalue weighted by Crippen LogP contribution is -2.37. The molecule has 2 heterocycles. The number of amides is 1. The summed E-state index contributed by atoms with van der Waals surface area (Å²) in [5.41, 5.74) is 2.54. The fraction of sp³-hybridized carbons (Fsp3) is 0.412. The summed E-state index contributed by atoms with van der Waals surface area (Å²) in [7, 11) is 0. The smallest absolute Gasteiger partial charge is 0.228 e. The summed E-state index contributed by atoms with van der Waals surface area (Å²) in [4.78, 5) is 16.7. The fourth-order valence-corrected chi connectivity index (χ4v) is 2.65. The second-order valence-electron chi connectivity index (χ2n) is 5.77. The van der Waals surface area contributed by atoms with Crippen molar-refractivity contribution in [1.82, 2.24) is 10.3 Å². The number of aryl methyl sites for hydroxylation is 2. The van der Waals surface area contributed by atoms with E-state index < -0.39 is 0 Å². The van der Waals surface area contributed by atoms with Gasteiger partial charge >= 0.3 is 0 Å². The first-order chi connectivity index (χ1) is 10.6. The Hall–Kier alpha value is -2.14. The number of oxazole rings is 1. The van der Waals surface area contributed by atoms with E-state index in [2.05, 4.69) is 15.6 Å². The molecule has 1 aliphatic heterocycles. The molecule has 0 aliphatic carbocycles. The second kappa shape index (κ2) is 6.32. The summed E-state index contributed by atoms with van der Waals surface area (Å²) >= 11 is 0. The van der Waals surface area contributed by atoms with Crippen LogP contribution in [0.15, 0.2) is 28.7 Å². The molecule has 3 rings (SSSR count). The number of rotatable bonds is 3. The minimum Gasteiger partial charge on any atom is -0.441 e. The predicted molar refractivity (Wildman–Crippen MR) is 85.6 cm³/mol. The van der Waals surface area contributed by atoms with E-state index in [9.17, 15) is 4.79 Å². The molecule has 22 heavy (non-hydrogen) atoms. The molecule has 116 valence electrons. The van der Waals surface area contributed by atoms with E-state index in [1.807, 2.05) is 38.1 Å². The lowest BCUT2D eigenvalue weighted by atomic mass is 9.99. The standard InChI is InChI=1S/C17H21N3O2/c1-11-12(2)22-17(19-11)13-5-3-7-15(9-13)20-16(21)14-6-4-8-18-10-14/h3,5,7,9,14,18H,4,6,8,10H2,1-2H3,(H,20,21). The largest absolute Gasteiger partial charge is 0.441 e. The molecular formula is C17H21N3O2. The first kappa shape index (κ1) is 14.8. The van der Waals surface area contributed by atoms with Crippen LogP contribution in [0.25, 0.3) is 11.5 Å². The van der Waals surface area contributed by atoms with Crippen molar-refractivity contribution in [2.24, 2.45) is 5.92 Å². The molecule has 1 saturated heterocycles. The molecule has 1 aromatic heterocycles. The van der Waals surface area contributed by atoms with E-state index in [4.69, 9.17) is 4.42 Å². The van der Waals surface area contributed by atoms with Gasteiger partial charge in [-0.25, -0.2) is 4.98 Å². The summed E-state index contributed by atoms with van der Waals surface area (Å²) in [6.45, 7) is 5.57. The molecule has 2 aromatic rings. The molecule has 1 fully saturated rings. The average molecular weight is 299 g/mol. The lowest BCUT2D eigenvalue weighted by Gasteiger charge is -2.21. The van der Waals surface area contributed by atoms with Crippen LogP contribution in [0.3, 0.4) is 0 Å². The van der Waals surface area contributed by atoms with E-state index in [-0.39, 0.29) is 11.8 Å². The Labute approximate surface area is 130 Å². The van der Waals surface area contributed by atoms with Gasteiger partial charge in [-0.15, -0.1) is 0 Å². The molecular weight excluding hydrogens is 278 g/mol. The number of nitrogens with zero attached hydrogens (tertiary/aromatic N) is 1. The maximum absolute atomic E-state index is 12.3. The molecule has 1 unspecified atom stereocenters. The zero-order valence-electron chi connectivity index (χ0n) is 13.0. The number of carbonyl (C=O) groups is 1. The van der Waals surface area contributed by atoms with Crippen LogP contribution in [0.1, 0.15) is 24.3 Å². The fourth-order valence-electron chi connectivity index (χ4n) is 2.65. The van der Waals surface area contributed by atoms with Crippen molar-refractivity contribution in [2.45, 2.75) is 26.7 Å².